The van der Waals surface area contributed by atoms with Crippen molar-refractivity contribution in [3.8, 4) is 17.2 Å². The van der Waals surface area contributed by atoms with Gasteiger partial charge in [0.15, 0.2) is 6.29 Å². The maximum Gasteiger partial charge on any atom is 0.303 e. The number of halogens is 1. The molecule has 39 heavy (non-hydrogen) atoms. The summed E-state index contributed by atoms with van der Waals surface area (Å²) in [5, 5.41) is 20.2. The number of hydrogen-bond acceptors (Lipinski definition) is 6. The Morgan fingerprint density at radius 2 is 1.87 bits per heavy atom. The molecule has 0 aromatic heterocycles. The molecule has 3 atom stereocenters. The molecule has 1 aliphatic rings. The van der Waals surface area contributed by atoms with Gasteiger partial charge in [0.1, 0.15) is 23.9 Å². The van der Waals surface area contributed by atoms with Gasteiger partial charge in [-0.2, -0.15) is 0 Å². The molecule has 1 saturated heterocycles. The number of benzene rings is 3. The number of ether oxygens (including phenoxy) is 4. The van der Waals surface area contributed by atoms with Crippen molar-refractivity contribution in [1.82, 2.24) is 0 Å². The average Bonchev–Trinajstić information content (AvgIpc) is 2.93. The minimum atomic E-state index is -0.829. The highest BCUT2D eigenvalue weighted by Gasteiger charge is 2.35. The summed E-state index contributed by atoms with van der Waals surface area (Å²) < 4.78 is 24.3. The third-order valence-electron chi connectivity index (χ3n) is 6.66. The van der Waals surface area contributed by atoms with Crippen LogP contribution in [0.15, 0.2) is 72.8 Å². The molecular weight excluding hydrogens is 520 g/mol. The van der Waals surface area contributed by atoms with Crippen LogP contribution >= 0.6 is 11.6 Å². The molecule has 0 radical (unpaired) electrons. The van der Waals surface area contributed by atoms with Gasteiger partial charge in [-0.15, -0.1) is 0 Å². The van der Waals surface area contributed by atoms with Crippen molar-refractivity contribution in [3.05, 3.63) is 100 Å². The van der Waals surface area contributed by atoms with E-state index >= 15 is 0 Å². The third-order valence-corrected chi connectivity index (χ3v) is 7.09. The molecule has 206 valence electrons. The van der Waals surface area contributed by atoms with Crippen molar-refractivity contribution in [2.75, 3.05) is 13.7 Å². The number of aliphatic carboxylic acids is 1. The Morgan fingerprint density at radius 3 is 2.62 bits per heavy atom. The number of allylic oxidation sites excluding steroid dienone is 2. The summed E-state index contributed by atoms with van der Waals surface area (Å²) in [6.45, 7) is 2.57. The van der Waals surface area contributed by atoms with Crippen molar-refractivity contribution in [3.63, 3.8) is 0 Å². The van der Waals surface area contributed by atoms with Crippen LogP contribution in [-0.4, -0.2) is 29.9 Å². The fourth-order valence-electron chi connectivity index (χ4n) is 4.52. The van der Waals surface area contributed by atoms with Gasteiger partial charge in [-0.05, 0) is 67.8 Å². The molecule has 1 heterocycles. The zero-order valence-electron chi connectivity index (χ0n) is 22.0. The van der Waals surface area contributed by atoms with Crippen LogP contribution in [0.25, 0.3) is 0 Å². The molecular formula is C31H33ClO7. The molecule has 1 aliphatic heterocycles. The van der Waals surface area contributed by atoms with Crippen LogP contribution in [-0.2, 0) is 20.9 Å². The van der Waals surface area contributed by atoms with E-state index in [9.17, 15) is 9.90 Å². The first-order valence-corrected chi connectivity index (χ1v) is 13.2. The Kier molecular flexibility index (Phi) is 9.87. The van der Waals surface area contributed by atoms with Crippen molar-refractivity contribution >= 4 is 17.6 Å². The van der Waals surface area contributed by atoms with Crippen LogP contribution in [0.1, 0.15) is 53.9 Å². The third kappa shape index (κ3) is 7.53. The second kappa shape index (κ2) is 13.5. The highest BCUT2D eigenvalue weighted by molar-refractivity contribution is 6.31. The van der Waals surface area contributed by atoms with Crippen molar-refractivity contribution in [2.24, 2.45) is 5.92 Å². The lowest BCUT2D eigenvalue weighted by molar-refractivity contribution is -0.244. The normalized spacial score (nSPS) is 19.2. The number of para-hydroxylation sites is 1. The average molecular weight is 553 g/mol. The van der Waals surface area contributed by atoms with E-state index in [4.69, 9.17) is 35.7 Å². The second-order valence-corrected chi connectivity index (χ2v) is 9.85. The van der Waals surface area contributed by atoms with Crippen LogP contribution in [0, 0.1) is 12.8 Å². The fourth-order valence-corrected chi connectivity index (χ4v) is 4.64. The van der Waals surface area contributed by atoms with Crippen LogP contribution < -0.4 is 9.47 Å². The molecule has 0 aliphatic carbocycles. The lowest BCUT2D eigenvalue weighted by Crippen LogP contribution is -2.31. The van der Waals surface area contributed by atoms with E-state index in [1.54, 1.807) is 25.3 Å². The van der Waals surface area contributed by atoms with E-state index in [1.165, 1.54) is 0 Å². The van der Waals surface area contributed by atoms with Crippen molar-refractivity contribution in [1.29, 1.82) is 0 Å². The molecule has 3 aromatic carbocycles. The van der Waals surface area contributed by atoms with Crippen molar-refractivity contribution in [2.45, 2.75) is 45.2 Å². The number of carboxylic acid groups (broad SMARTS) is 1. The number of phenols is 1. The zero-order chi connectivity index (χ0) is 27.8. The number of phenolic OH excluding ortho intramolecular Hbond substituents is 1. The summed E-state index contributed by atoms with van der Waals surface area (Å²) in [6.07, 6.45) is 3.82. The van der Waals surface area contributed by atoms with Crippen LogP contribution in [0.5, 0.6) is 17.2 Å². The molecule has 2 N–H and O–H groups in total. The smallest absolute Gasteiger partial charge is 0.303 e. The first-order valence-electron chi connectivity index (χ1n) is 12.8. The summed E-state index contributed by atoms with van der Waals surface area (Å²) in [5.41, 5.74) is 3.25. The lowest BCUT2D eigenvalue weighted by atomic mass is 9.91. The van der Waals surface area contributed by atoms with E-state index in [-0.39, 0.29) is 24.7 Å². The Balaban J connectivity index is 1.56. The van der Waals surface area contributed by atoms with Crippen LogP contribution in [0.2, 0.25) is 5.02 Å². The SMILES string of the molecule is COc1ccc([C@H]2OC[C@@H](C/C=C\CCC(=O)O)[C@@H](c3ccccc3O)O2)c(COc2ccc(Cl)c(C)c2)c1. The van der Waals surface area contributed by atoms with Gasteiger partial charge in [-0.1, -0.05) is 42.0 Å². The zero-order valence-corrected chi connectivity index (χ0v) is 22.8. The Bertz CT molecular complexity index is 1310. The van der Waals surface area contributed by atoms with Gasteiger partial charge in [-0.25, -0.2) is 0 Å². The number of methoxy groups -OCH3 is 1. The molecule has 3 aromatic rings. The maximum absolute atomic E-state index is 10.8. The van der Waals surface area contributed by atoms with Gasteiger partial charge >= 0.3 is 5.97 Å². The molecule has 8 heteroatoms. The Hall–Kier alpha value is -3.52. The Morgan fingerprint density at radius 1 is 1.08 bits per heavy atom. The largest absolute Gasteiger partial charge is 0.508 e. The minimum Gasteiger partial charge on any atom is -0.508 e. The number of carbonyl (C=O) groups is 1. The van der Waals surface area contributed by atoms with E-state index in [0.29, 0.717) is 41.5 Å². The number of rotatable bonds is 11. The fraction of sp³-hybridized carbons (Fsp3) is 0.323. The number of hydrogen-bond donors (Lipinski definition) is 2. The van der Waals surface area contributed by atoms with E-state index in [0.717, 1.165) is 16.7 Å². The van der Waals surface area contributed by atoms with Crippen LogP contribution in [0.4, 0.5) is 0 Å². The molecule has 0 spiro atoms. The predicted molar refractivity (Wildman–Crippen MR) is 148 cm³/mol. The highest BCUT2D eigenvalue weighted by Crippen LogP contribution is 2.43. The van der Waals surface area contributed by atoms with Gasteiger partial charge < -0.3 is 29.2 Å². The van der Waals surface area contributed by atoms with E-state index in [1.807, 2.05) is 61.5 Å². The molecule has 0 saturated carbocycles. The van der Waals surface area contributed by atoms with Crippen LogP contribution in [0.3, 0.4) is 0 Å². The predicted octanol–water partition coefficient (Wildman–Crippen LogP) is 7.16. The quantitative estimate of drug-likeness (QED) is 0.244. The summed E-state index contributed by atoms with van der Waals surface area (Å²) >= 11 is 6.16. The molecule has 0 unspecified atom stereocenters. The topological polar surface area (TPSA) is 94.5 Å². The second-order valence-electron chi connectivity index (χ2n) is 9.44. The first-order chi connectivity index (χ1) is 18.9. The molecule has 4 rings (SSSR count). The molecule has 7 nitrogen and oxygen atoms in total. The highest BCUT2D eigenvalue weighted by atomic mass is 35.5. The number of aryl methyl sites for hydroxylation is 1. The summed E-state index contributed by atoms with van der Waals surface area (Å²) in [6, 6.07) is 18.3. The molecule has 0 bridgehead atoms. The van der Waals surface area contributed by atoms with E-state index < -0.39 is 18.4 Å². The van der Waals surface area contributed by atoms with E-state index in [2.05, 4.69) is 0 Å². The van der Waals surface area contributed by atoms with Crippen molar-refractivity contribution < 1.29 is 34.0 Å². The van der Waals surface area contributed by atoms with Gasteiger partial charge in [0, 0.05) is 34.1 Å². The standard InChI is InChI=1S/C31H33ClO7/c1-20-16-24(13-15-27(20)32)37-19-22-17-23(36-2)12-14-25(22)31-38-18-21(8-4-3-5-11-29(34)35)30(39-31)26-9-6-7-10-28(26)33/h3-4,6-7,9-10,12-17,21,30-31,33H,5,8,11,18-19H2,1-2H3,(H,34,35)/b4-3-/t21-,30+,31+/m1/s1. The molecule has 1 fully saturated rings. The number of aromatic hydroxyl groups is 1. The monoisotopic (exact) mass is 552 g/mol. The summed E-state index contributed by atoms with van der Waals surface area (Å²) in [4.78, 5) is 10.8. The van der Waals surface area contributed by atoms with Gasteiger partial charge in [0.25, 0.3) is 0 Å². The first kappa shape index (κ1) is 28.5. The summed E-state index contributed by atoms with van der Waals surface area (Å²) in [5.74, 6) is 0.620. The molecule has 0 amide bonds. The minimum absolute atomic E-state index is 0.0781. The Labute approximate surface area is 233 Å². The van der Waals surface area contributed by atoms with Gasteiger partial charge in [-0.3, -0.25) is 4.79 Å². The maximum atomic E-state index is 10.8. The number of carboxylic acids is 1. The lowest BCUT2D eigenvalue weighted by Gasteiger charge is -2.37. The van der Waals surface area contributed by atoms with Gasteiger partial charge in [0.2, 0.25) is 0 Å². The summed E-state index contributed by atoms with van der Waals surface area (Å²) in [7, 11) is 1.61. The van der Waals surface area contributed by atoms with Gasteiger partial charge in [0.05, 0.1) is 19.8 Å².